The Bertz CT molecular complexity index is 290. The Morgan fingerprint density at radius 3 is 2.00 bits per heavy atom. The van der Waals surface area contributed by atoms with Crippen LogP contribution in [-0.4, -0.2) is 18.7 Å². The molecule has 0 fully saturated rings. The van der Waals surface area contributed by atoms with Gasteiger partial charge in [0.05, 0.1) is 6.10 Å². The Hall–Kier alpha value is -0.860. The molecule has 1 aromatic rings. The summed E-state index contributed by atoms with van der Waals surface area (Å²) in [6.07, 6.45) is 1.95. The normalized spacial score (nSPS) is 13.1. The van der Waals surface area contributed by atoms with Crippen LogP contribution >= 0.6 is 0 Å². The summed E-state index contributed by atoms with van der Waals surface area (Å²) in [6.45, 7) is 5.04. The van der Waals surface area contributed by atoms with Gasteiger partial charge in [-0.25, -0.2) is 0 Å². The average Bonchev–Trinajstić information content (AvgIpc) is 2.32. The van der Waals surface area contributed by atoms with Gasteiger partial charge in [0.25, 0.3) is 0 Å². The third-order valence-corrected chi connectivity index (χ3v) is 3.18. The summed E-state index contributed by atoms with van der Waals surface area (Å²) in [5.74, 6) is 0.649. The molecular weight excluding hydrogens is 198 g/mol. The van der Waals surface area contributed by atoms with Gasteiger partial charge in [-0.15, -0.1) is 0 Å². The molecule has 0 aliphatic heterocycles. The second-order valence-corrected chi connectivity index (χ2v) is 4.25. The van der Waals surface area contributed by atoms with E-state index in [1.807, 2.05) is 19.2 Å². The highest BCUT2D eigenvalue weighted by atomic mass is 16.3. The molecule has 0 aliphatic carbocycles. The maximum absolute atomic E-state index is 9.80. The van der Waals surface area contributed by atoms with Gasteiger partial charge in [0.2, 0.25) is 0 Å². The first-order valence-corrected chi connectivity index (χ1v) is 6.15. The topological polar surface area (TPSA) is 32.3 Å². The zero-order valence-corrected chi connectivity index (χ0v) is 10.5. The zero-order chi connectivity index (χ0) is 12.0. The highest BCUT2D eigenvalue weighted by Crippen LogP contribution is 2.24. The second kappa shape index (κ2) is 6.66. The number of hydrogen-bond donors (Lipinski definition) is 2. The lowest BCUT2D eigenvalue weighted by Crippen LogP contribution is -2.16. The Labute approximate surface area is 98.7 Å². The number of aliphatic hydroxyl groups is 1. The quantitative estimate of drug-likeness (QED) is 0.774. The van der Waals surface area contributed by atoms with Crippen LogP contribution in [0, 0.1) is 0 Å². The molecule has 1 unspecified atom stereocenters. The van der Waals surface area contributed by atoms with Gasteiger partial charge in [0.1, 0.15) is 0 Å². The van der Waals surface area contributed by atoms with Crippen molar-refractivity contribution < 1.29 is 5.11 Å². The summed E-state index contributed by atoms with van der Waals surface area (Å²) in [4.78, 5) is 0. The van der Waals surface area contributed by atoms with E-state index in [1.54, 1.807) is 0 Å². The Kier molecular flexibility index (Phi) is 5.50. The molecule has 0 heterocycles. The van der Waals surface area contributed by atoms with Crippen molar-refractivity contribution in [3.05, 3.63) is 35.4 Å². The lowest BCUT2D eigenvalue weighted by Gasteiger charge is -2.15. The number of hydrogen-bond acceptors (Lipinski definition) is 2. The number of rotatable bonds is 6. The van der Waals surface area contributed by atoms with Crippen molar-refractivity contribution in [1.29, 1.82) is 0 Å². The van der Waals surface area contributed by atoms with E-state index in [4.69, 9.17) is 0 Å². The van der Waals surface area contributed by atoms with Crippen molar-refractivity contribution in [3.63, 3.8) is 0 Å². The van der Waals surface area contributed by atoms with Crippen LogP contribution in [0.4, 0.5) is 0 Å². The molecule has 1 rings (SSSR count). The molecule has 2 N–H and O–H groups in total. The highest BCUT2D eigenvalue weighted by Gasteiger charge is 2.09. The van der Waals surface area contributed by atoms with Gasteiger partial charge in [-0.2, -0.15) is 0 Å². The van der Waals surface area contributed by atoms with E-state index in [0.29, 0.717) is 12.5 Å². The summed E-state index contributed by atoms with van der Waals surface area (Å²) < 4.78 is 0. The summed E-state index contributed by atoms with van der Waals surface area (Å²) in [7, 11) is 1.85. The molecule has 90 valence electrons. The van der Waals surface area contributed by atoms with E-state index < -0.39 is 6.10 Å². The summed E-state index contributed by atoms with van der Waals surface area (Å²) in [5, 5.41) is 12.8. The second-order valence-electron chi connectivity index (χ2n) is 4.25. The number of likely N-dealkylation sites (N-methyl/N-ethyl adjacent to an activating group) is 1. The van der Waals surface area contributed by atoms with Gasteiger partial charge >= 0.3 is 0 Å². The van der Waals surface area contributed by atoms with Crippen LogP contribution in [0.3, 0.4) is 0 Å². The van der Waals surface area contributed by atoms with Gasteiger partial charge in [-0.3, -0.25) is 0 Å². The van der Waals surface area contributed by atoms with Gasteiger partial charge in [-0.05, 0) is 36.9 Å². The van der Waals surface area contributed by atoms with Gasteiger partial charge < -0.3 is 10.4 Å². The molecule has 0 aromatic heterocycles. The number of benzene rings is 1. The molecule has 1 aromatic carbocycles. The third-order valence-electron chi connectivity index (χ3n) is 3.18. The fourth-order valence-corrected chi connectivity index (χ4v) is 2.06. The van der Waals surface area contributed by atoms with E-state index in [1.165, 1.54) is 18.4 Å². The third kappa shape index (κ3) is 3.32. The molecule has 0 saturated heterocycles. The van der Waals surface area contributed by atoms with E-state index in [2.05, 4.69) is 31.3 Å². The van der Waals surface area contributed by atoms with E-state index in [0.717, 1.165) is 5.56 Å². The SMILES string of the molecule is CCC(CC)c1ccc(C(O)CNC)cc1. The molecule has 0 amide bonds. The van der Waals surface area contributed by atoms with Crippen LogP contribution in [0.1, 0.15) is 49.8 Å². The minimum Gasteiger partial charge on any atom is -0.387 e. The number of aliphatic hydroxyl groups excluding tert-OH is 1. The smallest absolute Gasteiger partial charge is 0.0914 e. The molecule has 0 saturated carbocycles. The van der Waals surface area contributed by atoms with E-state index in [9.17, 15) is 5.11 Å². The molecule has 0 aliphatic rings. The molecule has 1 atom stereocenters. The van der Waals surface area contributed by atoms with Crippen molar-refractivity contribution in [2.45, 2.75) is 38.7 Å². The Morgan fingerprint density at radius 1 is 1.06 bits per heavy atom. The number of nitrogens with one attached hydrogen (secondary N) is 1. The van der Waals surface area contributed by atoms with Crippen molar-refractivity contribution in [1.82, 2.24) is 5.32 Å². The first-order valence-electron chi connectivity index (χ1n) is 6.15. The van der Waals surface area contributed by atoms with Gasteiger partial charge in [0, 0.05) is 6.54 Å². The van der Waals surface area contributed by atoms with Gasteiger partial charge in [-0.1, -0.05) is 38.1 Å². The fraction of sp³-hybridized carbons (Fsp3) is 0.571. The van der Waals surface area contributed by atoms with Crippen LogP contribution in [0.5, 0.6) is 0 Å². The molecule has 0 radical (unpaired) electrons. The minimum atomic E-state index is -0.402. The van der Waals surface area contributed by atoms with Crippen LogP contribution in [0.15, 0.2) is 24.3 Å². The average molecular weight is 221 g/mol. The van der Waals surface area contributed by atoms with Crippen LogP contribution in [-0.2, 0) is 0 Å². The fourth-order valence-electron chi connectivity index (χ4n) is 2.06. The molecule has 16 heavy (non-hydrogen) atoms. The monoisotopic (exact) mass is 221 g/mol. The van der Waals surface area contributed by atoms with Crippen molar-refractivity contribution in [2.75, 3.05) is 13.6 Å². The summed E-state index contributed by atoms with van der Waals surface area (Å²) >= 11 is 0. The van der Waals surface area contributed by atoms with Crippen molar-refractivity contribution in [2.24, 2.45) is 0 Å². The first-order chi connectivity index (χ1) is 7.72. The van der Waals surface area contributed by atoms with E-state index >= 15 is 0 Å². The maximum Gasteiger partial charge on any atom is 0.0914 e. The predicted octanol–water partition coefficient (Wildman–Crippen LogP) is 2.84. The standard InChI is InChI=1S/C14H23NO/c1-4-11(5-2)12-6-8-13(9-7-12)14(16)10-15-3/h6-9,11,14-16H,4-5,10H2,1-3H3. The van der Waals surface area contributed by atoms with Crippen molar-refractivity contribution in [3.8, 4) is 0 Å². The highest BCUT2D eigenvalue weighted by molar-refractivity contribution is 5.26. The molecule has 2 nitrogen and oxygen atoms in total. The lowest BCUT2D eigenvalue weighted by atomic mass is 9.93. The zero-order valence-electron chi connectivity index (χ0n) is 10.5. The van der Waals surface area contributed by atoms with Crippen LogP contribution in [0.25, 0.3) is 0 Å². The largest absolute Gasteiger partial charge is 0.387 e. The minimum absolute atomic E-state index is 0.402. The molecular formula is C14H23NO. The predicted molar refractivity (Wildman–Crippen MR) is 68.7 cm³/mol. The van der Waals surface area contributed by atoms with Crippen LogP contribution in [0.2, 0.25) is 0 Å². The maximum atomic E-state index is 9.80. The van der Waals surface area contributed by atoms with E-state index in [-0.39, 0.29) is 0 Å². The summed E-state index contributed by atoms with van der Waals surface area (Å²) in [6, 6.07) is 8.36. The molecule has 0 spiro atoms. The first kappa shape index (κ1) is 13.2. The Morgan fingerprint density at radius 2 is 1.56 bits per heavy atom. The van der Waals surface area contributed by atoms with Gasteiger partial charge in [0.15, 0.2) is 0 Å². The molecule has 0 bridgehead atoms. The van der Waals surface area contributed by atoms with Crippen LogP contribution < -0.4 is 5.32 Å². The summed E-state index contributed by atoms with van der Waals surface area (Å²) in [5.41, 5.74) is 2.37. The molecule has 2 heteroatoms. The Balaban J connectivity index is 2.74. The lowest BCUT2D eigenvalue weighted by molar-refractivity contribution is 0.178. The van der Waals surface area contributed by atoms with Crippen molar-refractivity contribution >= 4 is 0 Å².